The third-order valence-electron chi connectivity index (χ3n) is 2.77. The number of aromatic hydroxyl groups is 2. The van der Waals surface area contributed by atoms with Gasteiger partial charge in [-0.25, -0.2) is 4.79 Å². The van der Waals surface area contributed by atoms with Crippen molar-refractivity contribution in [1.29, 1.82) is 0 Å². The minimum atomic E-state index is -0.570. The highest BCUT2D eigenvalue weighted by Gasteiger charge is 2.07. The second-order valence-corrected chi connectivity index (χ2v) is 4.38. The van der Waals surface area contributed by atoms with Gasteiger partial charge in [0.05, 0.1) is 6.61 Å². The van der Waals surface area contributed by atoms with E-state index >= 15 is 0 Å². The summed E-state index contributed by atoms with van der Waals surface area (Å²) in [5, 5.41) is 18.6. The number of carbonyl (C=O) groups excluding carboxylic acids is 1. The van der Waals surface area contributed by atoms with Crippen LogP contribution in [0.25, 0.3) is 6.08 Å². The fourth-order valence-electron chi connectivity index (χ4n) is 1.76. The number of phenols is 2. The Bertz CT molecular complexity index is 691. The minimum Gasteiger partial charge on any atom is -0.504 e. The SMILES string of the molecule is CCOc1ccccc1OC(=O)C=Cc1ccc(O)c(O)c1. The maximum absolute atomic E-state index is 11.8. The highest BCUT2D eigenvalue weighted by Crippen LogP contribution is 2.27. The zero-order chi connectivity index (χ0) is 15.9. The summed E-state index contributed by atoms with van der Waals surface area (Å²) < 4.78 is 10.6. The monoisotopic (exact) mass is 300 g/mol. The van der Waals surface area contributed by atoms with Gasteiger partial charge in [0, 0.05) is 6.08 Å². The number of para-hydroxylation sites is 2. The summed E-state index contributed by atoms with van der Waals surface area (Å²) in [4.78, 5) is 11.8. The van der Waals surface area contributed by atoms with Gasteiger partial charge in [0.15, 0.2) is 23.0 Å². The van der Waals surface area contributed by atoms with Crippen molar-refractivity contribution in [2.24, 2.45) is 0 Å². The quantitative estimate of drug-likeness (QED) is 0.384. The van der Waals surface area contributed by atoms with E-state index in [0.29, 0.717) is 23.7 Å². The molecule has 22 heavy (non-hydrogen) atoms. The lowest BCUT2D eigenvalue weighted by Gasteiger charge is -2.08. The Labute approximate surface area is 128 Å². The Hall–Kier alpha value is -2.95. The van der Waals surface area contributed by atoms with Gasteiger partial charge < -0.3 is 19.7 Å². The zero-order valence-corrected chi connectivity index (χ0v) is 12.0. The normalized spacial score (nSPS) is 10.6. The molecule has 0 aromatic heterocycles. The Morgan fingerprint density at radius 3 is 2.50 bits per heavy atom. The molecule has 0 aliphatic heterocycles. The van der Waals surface area contributed by atoms with Crippen molar-refractivity contribution in [3.05, 3.63) is 54.1 Å². The van der Waals surface area contributed by atoms with E-state index in [4.69, 9.17) is 9.47 Å². The Morgan fingerprint density at radius 2 is 1.82 bits per heavy atom. The third kappa shape index (κ3) is 4.02. The molecule has 2 rings (SSSR count). The predicted octanol–water partition coefficient (Wildman–Crippen LogP) is 3.12. The van der Waals surface area contributed by atoms with E-state index in [1.165, 1.54) is 24.3 Å². The largest absolute Gasteiger partial charge is 0.504 e. The topological polar surface area (TPSA) is 76.0 Å². The highest BCUT2D eigenvalue weighted by atomic mass is 16.6. The van der Waals surface area contributed by atoms with Crippen LogP contribution in [0.3, 0.4) is 0 Å². The standard InChI is InChI=1S/C17H16O5/c1-2-21-15-5-3-4-6-16(15)22-17(20)10-8-12-7-9-13(18)14(19)11-12/h3-11,18-19H,2H2,1H3. The molecule has 2 aromatic rings. The van der Waals surface area contributed by atoms with Crippen molar-refractivity contribution < 1.29 is 24.5 Å². The van der Waals surface area contributed by atoms with Gasteiger partial charge in [-0.3, -0.25) is 0 Å². The van der Waals surface area contributed by atoms with Crippen LogP contribution < -0.4 is 9.47 Å². The number of hydrogen-bond acceptors (Lipinski definition) is 5. The molecule has 0 radical (unpaired) electrons. The lowest BCUT2D eigenvalue weighted by atomic mass is 10.2. The molecule has 5 heteroatoms. The summed E-state index contributed by atoms with van der Waals surface area (Å²) in [6.07, 6.45) is 2.71. The summed E-state index contributed by atoms with van der Waals surface area (Å²) in [6.45, 7) is 2.31. The van der Waals surface area contributed by atoms with Crippen LogP contribution in [-0.2, 0) is 4.79 Å². The zero-order valence-electron chi connectivity index (χ0n) is 12.0. The summed E-state index contributed by atoms with van der Waals surface area (Å²) in [6, 6.07) is 11.1. The first-order valence-corrected chi connectivity index (χ1v) is 6.74. The molecule has 0 amide bonds. The van der Waals surface area contributed by atoms with Gasteiger partial charge in [0.1, 0.15) is 0 Å². The minimum absolute atomic E-state index is 0.217. The lowest BCUT2D eigenvalue weighted by molar-refractivity contribution is -0.129. The number of rotatable bonds is 5. The second-order valence-electron chi connectivity index (χ2n) is 4.38. The van der Waals surface area contributed by atoms with Gasteiger partial charge in [-0.15, -0.1) is 0 Å². The first kappa shape index (κ1) is 15.4. The van der Waals surface area contributed by atoms with Crippen LogP contribution >= 0.6 is 0 Å². The van der Waals surface area contributed by atoms with Crippen LogP contribution in [0, 0.1) is 0 Å². The van der Waals surface area contributed by atoms with E-state index in [2.05, 4.69) is 0 Å². The van der Waals surface area contributed by atoms with Gasteiger partial charge in [-0.1, -0.05) is 18.2 Å². The molecular weight excluding hydrogens is 284 g/mol. The van der Waals surface area contributed by atoms with Crippen molar-refractivity contribution >= 4 is 12.0 Å². The molecule has 0 atom stereocenters. The molecule has 0 unspecified atom stereocenters. The van der Waals surface area contributed by atoms with Crippen LogP contribution in [0.2, 0.25) is 0 Å². The first-order chi connectivity index (χ1) is 10.6. The van der Waals surface area contributed by atoms with E-state index in [1.807, 2.05) is 6.92 Å². The van der Waals surface area contributed by atoms with E-state index < -0.39 is 5.97 Å². The first-order valence-electron chi connectivity index (χ1n) is 6.74. The van der Waals surface area contributed by atoms with E-state index in [1.54, 1.807) is 30.3 Å². The van der Waals surface area contributed by atoms with Crippen LogP contribution in [0.1, 0.15) is 12.5 Å². The number of esters is 1. The lowest BCUT2D eigenvalue weighted by Crippen LogP contribution is -2.05. The molecule has 0 saturated carbocycles. The van der Waals surface area contributed by atoms with Crippen LogP contribution in [0.15, 0.2) is 48.5 Å². The van der Waals surface area contributed by atoms with Gasteiger partial charge in [0.2, 0.25) is 0 Å². The smallest absolute Gasteiger partial charge is 0.336 e. The maximum atomic E-state index is 11.8. The molecule has 0 aliphatic rings. The van der Waals surface area contributed by atoms with Crippen molar-refractivity contribution in [3.63, 3.8) is 0 Å². The fourth-order valence-corrected chi connectivity index (χ4v) is 1.76. The van der Waals surface area contributed by atoms with Crippen LogP contribution in [0.4, 0.5) is 0 Å². The molecule has 0 saturated heterocycles. The summed E-state index contributed by atoms with van der Waals surface area (Å²) >= 11 is 0. The van der Waals surface area contributed by atoms with Gasteiger partial charge in [-0.05, 0) is 42.8 Å². The van der Waals surface area contributed by atoms with E-state index in [9.17, 15) is 15.0 Å². The maximum Gasteiger partial charge on any atom is 0.336 e. The number of phenolic OH excluding ortho intramolecular Hbond substituents is 2. The van der Waals surface area contributed by atoms with Crippen LogP contribution in [-0.4, -0.2) is 22.8 Å². The Morgan fingerprint density at radius 1 is 1.09 bits per heavy atom. The molecule has 114 valence electrons. The van der Waals surface area contributed by atoms with Gasteiger partial charge in [-0.2, -0.15) is 0 Å². The number of carbonyl (C=O) groups is 1. The van der Waals surface area contributed by atoms with Crippen molar-refractivity contribution in [3.8, 4) is 23.0 Å². The molecule has 0 aliphatic carbocycles. The second kappa shape index (κ2) is 7.17. The molecule has 0 bridgehead atoms. The Balaban J connectivity index is 2.06. The Kier molecular flexibility index (Phi) is 5.03. The van der Waals surface area contributed by atoms with Gasteiger partial charge >= 0.3 is 5.97 Å². The van der Waals surface area contributed by atoms with Crippen molar-refractivity contribution in [1.82, 2.24) is 0 Å². The molecular formula is C17H16O5. The average Bonchev–Trinajstić information content (AvgIpc) is 2.51. The number of hydrogen-bond donors (Lipinski definition) is 2. The number of benzene rings is 2. The van der Waals surface area contributed by atoms with E-state index in [0.717, 1.165) is 0 Å². The summed E-state index contributed by atoms with van der Waals surface area (Å²) in [5.74, 6) is -0.205. The average molecular weight is 300 g/mol. The summed E-state index contributed by atoms with van der Waals surface area (Å²) in [7, 11) is 0. The molecule has 0 heterocycles. The third-order valence-corrected chi connectivity index (χ3v) is 2.77. The molecule has 2 N–H and O–H groups in total. The van der Waals surface area contributed by atoms with Crippen molar-refractivity contribution in [2.75, 3.05) is 6.61 Å². The molecule has 2 aromatic carbocycles. The highest BCUT2D eigenvalue weighted by molar-refractivity contribution is 5.89. The number of ether oxygens (including phenoxy) is 2. The summed E-state index contributed by atoms with van der Waals surface area (Å²) in [5.41, 5.74) is 0.561. The van der Waals surface area contributed by atoms with Gasteiger partial charge in [0.25, 0.3) is 0 Å². The molecule has 5 nitrogen and oxygen atoms in total. The van der Waals surface area contributed by atoms with Crippen LogP contribution in [0.5, 0.6) is 23.0 Å². The molecule has 0 spiro atoms. The fraction of sp³-hybridized carbons (Fsp3) is 0.118. The van der Waals surface area contributed by atoms with Crippen molar-refractivity contribution in [2.45, 2.75) is 6.92 Å². The molecule has 0 fully saturated rings. The predicted molar refractivity (Wildman–Crippen MR) is 82.1 cm³/mol. The van der Waals surface area contributed by atoms with E-state index in [-0.39, 0.29) is 11.5 Å².